The van der Waals surface area contributed by atoms with Crippen LogP contribution in [-0.4, -0.2) is 62.4 Å². The molecular formula is C16H22N2O5S2. The maximum absolute atomic E-state index is 12.7. The van der Waals surface area contributed by atoms with E-state index in [0.717, 1.165) is 5.75 Å². The van der Waals surface area contributed by atoms with Crippen LogP contribution < -0.4 is 4.72 Å². The number of carbonyl (C=O) groups is 2. The number of ether oxygens (including phenoxy) is 1. The molecule has 1 aliphatic heterocycles. The summed E-state index contributed by atoms with van der Waals surface area (Å²) in [7, 11) is -3.56. The highest BCUT2D eigenvalue weighted by Crippen LogP contribution is 2.21. The van der Waals surface area contributed by atoms with Gasteiger partial charge in [-0.2, -0.15) is 11.8 Å². The lowest BCUT2D eigenvalue weighted by atomic mass is 10.1. The van der Waals surface area contributed by atoms with Crippen molar-refractivity contribution in [2.45, 2.75) is 24.8 Å². The molecule has 0 bridgehead atoms. The molecule has 0 unspecified atom stereocenters. The Bertz CT molecular complexity index is 719. The lowest BCUT2D eigenvalue weighted by Crippen LogP contribution is -2.51. The quantitative estimate of drug-likeness (QED) is 0.736. The van der Waals surface area contributed by atoms with Gasteiger partial charge in [-0.05, 0) is 31.2 Å². The highest BCUT2D eigenvalue weighted by molar-refractivity contribution is 7.99. The van der Waals surface area contributed by atoms with E-state index in [1.807, 2.05) is 0 Å². The molecule has 2 rings (SSSR count). The molecule has 0 radical (unpaired) electrons. The molecule has 0 aliphatic carbocycles. The molecule has 1 aliphatic rings. The molecule has 1 aromatic carbocycles. The highest BCUT2D eigenvalue weighted by atomic mass is 32.2. The van der Waals surface area contributed by atoms with E-state index in [0.29, 0.717) is 17.9 Å². The van der Waals surface area contributed by atoms with E-state index >= 15 is 0 Å². The first-order chi connectivity index (χ1) is 11.9. The number of rotatable bonds is 6. The first-order valence-corrected chi connectivity index (χ1v) is 10.7. The Morgan fingerprint density at radius 3 is 2.56 bits per heavy atom. The molecule has 1 N–H and O–H groups in total. The van der Waals surface area contributed by atoms with E-state index in [2.05, 4.69) is 4.72 Å². The predicted octanol–water partition coefficient (Wildman–Crippen LogP) is 1.11. The second-order valence-electron chi connectivity index (χ2n) is 5.37. The van der Waals surface area contributed by atoms with E-state index in [1.165, 1.54) is 29.2 Å². The summed E-state index contributed by atoms with van der Waals surface area (Å²) in [6.07, 6.45) is 0. The highest BCUT2D eigenvalue weighted by Gasteiger charge is 2.34. The summed E-state index contributed by atoms with van der Waals surface area (Å²) < 4.78 is 31.4. The van der Waals surface area contributed by atoms with Crippen molar-refractivity contribution in [3.63, 3.8) is 0 Å². The van der Waals surface area contributed by atoms with Crippen molar-refractivity contribution >= 4 is 33.7 Å². The van der Waals surface area contributed by atoms with Crippen molar-refractivity contribution in [2.24, 2.45) is 0 Å². The van der Waals surface area contributed by atoms with Gasteiger partial charge in [0.2, 0.25) is 10.0 Å². The Morgan fingerprint density at radius 2 is 1.96 bits per heavy atom. The monoisotopic (exact) mass is 386 g/mol. The van der Waals surface area contributed by atoms with Crippen LogP contribution in [-0.2, 0) is 19.6 Å². The van der Waals surface area contributed by atoms with E-state index in [-0.39, 0.29) is 24.0 Å². The van der Waals surface area contributed by atoms with Crippen LogP contribution in [0.2, 0.25) is 0 Å². The maximum atomic E-state index is 12.7. The topological polar surface area (TPSA) is 92.8 Å². The number of sulfonamides is 1. The fraction of sp³-hybridized carbons (Fsp3) is 0.500. The van der Waals surface area contributed by atoms with E-state index in [9.17, 15) is 18.0 Å². The van der Waals surface area contributed by atoms with Gasteiger partial charge in [0.15, 0.2) is 0 Å². The Labute approximate surface area is 152 Å². The van der Waals surface area contributed by atoms with Crippen LogP contribution in [0.1, 0.15) is 24.2 Å². The second kappa shape index (κ2) is 8.68. The second-order valence-corrected chi connectivity index (χ2v) is 8.28. The first-order valence-electron chi connectivity index (χ1n) is 8.05. The Kier molecular flexibility index (Phi) is 6.86. The van der Waals surface area contributed by atoms with Gasteiger partial charge in [-0.25, -0.2) is 17.9 Å². The molecule has 9 heteroatoms. The van der Waals surface area contributed by atoms with Crippen molar-refractivity contribution in [2.75, 3.05) is 31.2 Å². The SMILES string of the molecule is CCNS(=O)(=O)c1ccc(C(=O)N2CCSC[C@H]2C(=O)OCC)cc1. The maximum Gasteiger partial charge on any atom is 0.329 e. The van der Waals surface area contributed by atoms with Crippen LogP contribution in [0.15, 0.2) is 29.2 Å². The molecule has 1 heterocycles. The van der Waals surface area contributed by atoms with Gasteiger partial charge in [-0.3, -0.25) is 4.79 Å². The van der Waals surface area contributed by atoms with Crippen molar-refractivity contribution < 1.29 is 22.7 Å². The molecule has 1 fully saturated rings. The zero-order valence-electron chi connectivity index (χ0n) is 14.2. The van der Waals surface area contributed by atoms with Crippen LogP contribution in [0.25, 0.3) is 0 Å². The Balaban J connectivity index is 2.19. The number of amides is 1. The van der Waals surface area contributed by atoms with Gasteiger partial charge in [0.05, 0.1) is 11.5 Å². The average Bonchev–Trinajstić information content (AvgIpc) is 2.61. The van der Waals surface area contributed by atoms with E-state index < -0.39 is 22.0 Å². The first kappa shape index (κ1) is 19.7. The summed E-state index contributed by atoms with van der Waals surface area (Å²) in [6.45, 7) is 4.42. The van der Waals surface area contributed by atoms with Crippen molar-refractivity contribution in [1.29, 1.82) is 0 Å². The number of benzene rings is 1. The minimum atomic E-state index is -3.56. The van der Waals surface area contributed by atoms with Gasteiger partial charge in [-0.15, -0.1) is 0 Å². The molecule has 138 valence electrons. The van der Waals surface area contributed by atoms with Crippen LogP contribution in [0.5, 0.6) is 0 Å². The van der Waals surface area contributed by atoms with E-state index in [4.69, 9.17) is 4.74 Å². The summed E-state index contributed by atoms with van der Waals surface area (Å²) in [5.74, 6) is 0.534. The average molecular weight is 386 g/mol. The van der Waals surface area contributed by atoms with Crippen LogP contribution >= 0.6 is 11.8 Å². The number of esters is 1. The number of nitrogens with one attached hydrogen (secondary N) is 1. The third-order valence-corrected chi connectivity index (χ3v) is 6.28. The number of hydrogen-bond donors (Lipinski definition) is 1. The predicted molar refractivity (Wildman–Crippen MR) is 96.1 cm³/mol. The number of nitrogens with zero attached hydrogens (tertiary/aromatic N) is 1. The summed E-state index contributed by atoms with van der Waals surface area (Å²) in [5.41, 5.74) is 0.344. The zero-order chi connectivity index (χ0) is 18.4. The van der Waals surface area contributed by atoms with E-state index in [1.54, 1.807) is 25.6 Å². The molecule has 0 aromatic heterocycles. The molecule has 0 spiro atoms. The third-order valence-electron chi connectivity index (χ3n) is 3.69. The van der Waals surface area contributed by atoms with Gasteiger partial charge < -0.3 is 9.64 Å². The van der Waals surface area contributed by atoms with Crippen molar-refractivity contribution in [3.05, 3.63) is 29.8 Å². The molecule has 1 saturated heterocycles. The van der Waals surface area contributed by atoms with Crippen molar-refractivity contribution in [3.8, 4) is 0 Å². The van der Waals surface area contributed by atoms with Crippen LogP contribution in [0.3, 0.4) is 0 Å². The standard InChI is InChI=1S/C16H22N2O5S2/c1-3-17-25(21,22)13-7-5-12(6-8-13)15(19)18-9-10-24-11-14(18)16(20)23-4-2/h5-8,14,17H,3-4,9-11H2,1-2H3/t14-/m0/s1. The molecule has 1 amide bonds. The lowest BCUT2D eigenvalue weighted by molar-refractivity contribution is -0.147. The third kappa shape index (κ3) is 4.74. The minimum Gasteiger partial charge on any atom is -0.464 e. The lowest BCUT2D eigenvalue weighted by Gasteiger charge is -2.33. The normalized spacial score (nSPS) is 18.0. The van der Waals surface area contributed by atoms with Crippen molar-refractivity contribution in [1.82, 2.24) is 9.62 Å². The smallest absolute Gasteiger partial charge is 0.329 e. The fourth-order valence-electron chi connectivity index (χ4n) is 2.50. The van der Waals surface area contributed by atoms with Gasteiger partial charge in [0.25, 0.3) is 5.91 Å². The zero-order valence-corrected chi connectivity index (χ0v) is 15.9. The fourth-order valence-corrected chi connectivity index (χ4v) is 4.57. The van der Waals surface area contributed by atoms with Crippen LogP contribution in [0, 0.1) is 0 Å². The van der Waals surface area contributed by atoms with Gasteiger partial charge in [0.1, 0.15) is 6.04 Å². The molecule has 0 saturated carbocycles. The molecule has 25 heavy (non-hydrogen) atoms. The summed E-state index contributed by atoms with van der Waals surface area (Å²) in [4.78, 5) is 26.4. The van der Waals surface area contributed by atoms with Gasteiger partial charge in [-0.1, -0.05) is 6.92 Å². The largest absolute Gasteiger partial charge is 0.464 e. The van der Waals surface area contributed by atoms with Gasteiger partial charge >= 0.3 is 5.97 Å². The van der Waals surface area contributed by atoms with Crippen LogP contribution in [0.4, 0.5) is 0 Å². The Morgan fingerprint density at radius 1 is 1.28 bits per heavy atom. The number of hydrogen-bond acceptors (Lipinski definition) is 6. The molecule has 7 nitrogen and oxygen atoms in total. The minimum absolute atomic E-state index is 0.0991. The molecule has 1 aromatic rings. The summed E-state index contributed by atoms with van der Waals surface area (Å²) in [5, 5.41) is 0. The molecule has 1 atom stereocenters. The summed E-state index contributed by atoms with van der Waals surface area (Å²) in [6, 6.07) is 5.11. The number of carbonyl (C=O) groups excluding carboxylic acids is 2. The van der Waals surface area contributed by atoms with Gasteiger partial charge in [0, 0.05) is 30.2 Å². The number of thioether (sulfide) groups is 1. The Hall–Kier alpha value is -1.58. The summed E-state index contributed by atoms with van der Waals surface area (Å²) >= 11 is 1.60. The molecular weight excluding hydrogens is 364 g/mol.